The Hall–Kier alpha value is -2.49. The van der Waals surface area contributed by atoms with Gasteiger partial charge in [-0.05, 0) is 30.7 Å². The van der Waals surface area contributed by atoms with Crippen molar-refractivity contribution < 1.29 is 24.2 Å². The molecule has 3 saturated heterocycles. The third-order valence-electron chi connectivity index (χ3n) is 8.63. The number of carbonyl (C=O) groups excluding carboxylic acids is 3. The van der Waals surface area contributed by atoms with E-state index in [0.29, 0.717) is 32.5 Å². The highest BCUT2D eigenvalue weighted by Gasteiger charge is 2.77. The molecule has 7 atom stereocenters. The number of rotatable bonds is 14. The Morgan fingerprint density at radius 3 is 2.41 bits per heavy atom. The van der Waals surface area contributed by atoms with Gasteiger partial charge in [0.2, 0.25) is 17.7 Å². The molecule has 0 aromatic heterocycles. The maximum atomic E-state index is 14.6. The van der Waals surface area contributed by atoms with E-state index in [1.807, 2.05) is 51.1 Å². The number of halogens is 1. The smallest absolute Gasteiger partial charge is 0.249 e. The van der Waals surface area contributed by atoms with E-state index in [4.69, 9.17) is 4.74 Å². The van der Waals surface area contributed by atoms with E-state index in [9.17, 15) is 19.5 Å². The second-order valence-electron chi connectivity index (χ2n) is 11.9. The van der Waals surface area contributed by atoms with Crippen molar-refractivity contribution in [3.05, 3.63) is 61.2 Å². The molecule has 9 heteroatoms. The zero-order chi connectivity index (χ0) is 29.9. The molecule has 2 bridgehead atoms. The minimum absolute atomic E-state index is 0.147. The fourth-order valence-electron chi connectivity index (χ4n) is 7.14. The fraction of sp³-hybridized carbons (Fsp3) is 0.594. The molecule has 1 aromatic rings. The van der Waals surface area contributed by atoms with Gasteiger partial charge in [-0.3, -0.25) is 14.4 Å². The Morgan fingerprint density at radius 2 is 1.83 bits per heavy atom. The molecule has 4 rings (SSSR count). The van der Waals surface area contributed by atoms with E-state index in [1.165, 1.54) is 0 Å². The molecule has 1 aromatic carbocycles. The highest BCUT2D eigenvalue weighted by molar-refractivity contribution is 9.09. The zero-order valence-electron chi connectivity index (χ0n) is 24.5. The van der Waals surface area contributed by atoms with Crippen LogP contribution in [0.4, 0.5) is 0 Å². The van der Waals surface area contributed by atoms with Gasteiger partial charge in [-0.25, -0.2) is 0 Å². The predicted octanol–water partition coefficient (Wildman–Crippen LogP) is 3.78. The van der Waals surface area contributed by atoms with Gasteiger partial charge < -0.3 is 24.5 Å². The molecule has 1 N–H and O–H groups in total. The molecule has 3 aliphatic rings. The lowest BCUT2D eigenvalue weighted by Gasteiger charge is -2.40. The van der Waals surface area contributed by atoms with Crippen LogP contribution in [0.2, 0.25) is 0 Å². The van der Waals surface area contributed by atoms with Crippen molar-refractivity contribution in [2.75, 3.05) is 26.2 Å². The molecule has 3 fully saturated rings. The summed E-state index contributed by atoms with van der Waals surface area (Å²) in [5.41, 5.74) is -0.226. The third-order valence-corrected chi connectivity index (χ3v) is 9.47. The second-order valence-corrected chi connectivity index (χ2v) is 13.1. The fourth-order valence-corrected chi connectivity index (χ4v) is 8.08. The standard InChI is InChI=1S/C32H44BrN3O5/c1-6-14-34(15-7-2)29(38)25-26-30(39)36(23(20-37)17-21(4)5)28(32(26)18-24(33)27(25)41-32)31(40)35(16-8-3)19-22-12-10-9-11-13-22/h6,8-13,21,23-28,37H,1,3,7,14-20H2,2,4-5H3/t23-,24?,25+,26+,27+,28?,32?/m1/s1. The molecule has 3 aliphatic heterocycles. The lowest BCUT2D eigenvalue weighted by molar-refractivity contribution is -0.152. The first kappa shape index (κ1) is 31.4. The lowest BCUT2D eigenvalue weighted by Crippen LogP contribution is -2.59. The maximum Gasteiger partial charge on any atom is 0.249 e. The van der Waals surface area contributed by atoms with Crippen LogP contribution in [0, 0.1) is 17.8 Å². The van der Waals surface area contributed by atoms with Crippen LogP contribution in [0.5, 0.6) is 0 Å². The Balaban J connectivity index is 1.81. The molecule has 3 unspecified atom stereocenters. The number of fused-ring (bicyclic) bond motifs is 1. The molecule has 0 aliphatic carbocycles. The minimum Gasteiger partial charge on any atom is -0.394 e. The minimum atomic E-state index is -1.18. The summed E-state index contributed by atoms with van der Waals surface area (Å²) in [5, 5.41) is 10.5. The van der Waals surface area contributed by atoms with Gasteiger partial charge in [0.05, 0.1) is 30.6 Å². The van der Waals surface area contributed by atoms with Gasteiger partial charge in [-0.2, -0.15) is 0 Å². The molecule has 0 radical (unpaired) electrons. The van der Waals surface area contributed by atoms with E-state index in [2.05, 4.69) is 29.1 Å². The average Bonchev–Trinajstić information content (AvgIpc) is 3.54. The highest BCUT2D eigenvalue weighted by Crippen LogP contribution is 2.61. The number of carbonyl (C=O) groups is 3. The monoisotopic (exact) mass is 629 g/mol. The third kappa shape index (κ3) is 5.77. The van der Waals surface area contributed by atoms with Crippen LogP contribution < -0.4 is 0 Å². The van der Waals surface area contributed by atoms with Gasteiger partial charge >= 0.3 is 0 Å². The van der Waals surface area contributed by atoms with Crippen LogP contribution in [0.15, 0.2) is 55.6 Å². The Labute approximate surface area is 252 Å². The Kier molecular flexibility index (Phi) is 10.1. The summed E-state index contributed by atoms with van der Waals surface area (Å²) in [4.78, 5) is 48.0. The number of ether oxygens (including phenoxy) is 1. The van der Waals surface area contributed by atoms with Crippen molar-refractivity contribution in [3.63, 3.8) is 0 Å². The van der Waals surface area contributed by atoms with Crippen LogP contribution in [0.25, 0.3) is 0 Å². The van der Waals surface area contributed by atoms with E-state index in [-0.39, 0.29) is 41.6 Å². The van der Waals surface area contributed by atoms with Crippen molar-refractivity contribution in [1.82, 2.24) is 14.7 Å². The van der Waals surface area contributed by atoms with Crippen LogP contribution in [0.1, 0.15) is 45.6 Å². The van der Waals surface area contributed by atoms with Crippen LogP contribution in [-0.4, -0.2) is 92.4 Å². The van der Waals surface area contributed by atoms with Gasteiger partial charge in [0.15, 0.2) is 0 Å². The summed E-state index contributed by atoms with van der Waals surface area (Å²) >= 11 is 3.76. The first-order valence-corrected chi connectivity index (χ1v) is 15.6. The summed E-state index contributed by atoms with van der Waals surface area (Å²) in [6.07, 6.45) is 4.56. The number of benzene rings is 1. The number of likely N-dealkylation sites (tertiary alicyclic amines) is 1. The van der Waals surface area contributed by atoms with E-state index >= 15 is 0 Å². The largest absolute Gasteiger partial charge is 0.394 e. The summed E-state index contributed by atoms with van der Waals surface area (Å²) in [5.74, 6) is -2.05. The normalized spacial score (nSPS) is 29.0. The first-order valence-electron chi connectivity index (χ1n) is 14.7. The van der Waals surface area contributed by atoms with Crippen molar-refractivity contribution in [3.8, 4) is 0 Å². The Morgan fingerprint density at radius 1 is 1.17 bits per heavy atom. The van der Waals surface area contributed by atoms with Gasteiger partial charge in [0.25, 0.3) is 0 Å². The number of amides is 3. The van der Waals surface area contributed by atoms with E-state index in [1.54, 1.807) is 26.9 Å². The summed E-state index contributed by atoms with van der Waals surface area (Å²) < 4.78 is 6.71. The zero-order valence-corrected chi connectivity index (χ0v) is 26.0. The van der Waals surface area contributed by atoms with Crippen molar-refractivity contribution >= 4 is 33.7 Å². The quantitative estimate of drug-likeness (QED) is 0.250. The highest BCUT2D eigenvalue weighted by atomic mass is 79.9. The SMILES string of the molecule is C=CCN(Cc1ccccc1)C(=O)C1N([C@@H](CO)CC(C)C)C(=O)[C@@H]2[C@H](C(=O)N(CC=C)CCC)[C@H]3OC12CC3Br. The number of alkyl halides is 1. The van der Waals surface area contributed by atoms with Crippen molar-refractivity contribution in [2.45, 2.75) is 75.2 Å². The topological polar surface area (TPSA) is 90.4 Å². The molecule has 41 heavy (non-hydrogen) atoms. The first-order chi connectivity index (χ1) is 19.6. The number of aliphatic hydroxyl groups is 1. The molecule has 1 spiro atoms. The lowest BCUT2D eigenvalue weighted by atomic mass is 9.70. The van der Waals surface area contributed by atoms with Crippen molar-refractivity contribution in [2.24, 2.45) is 17.8 Å². The summed E-state index contributed by atoms with van der Waals surface area (Å²) in [6, 6.07) is 8.14. The number of aliphatic hydroxyl groups excluding tert-OH is 1. The van der Waals surface area contributed by atoms with Gasteiger partial charge in [-0.15, -0.1) is 13.2 Å². The summed E-state index contributed by atoms with van der Waals surface area (Å²) in [6.45, 7) is 15.0. The van der Waals surface area contributed by atoms with Crippen LogP contribution in [0.3, 0.4) is 0 Å². The van der Waals surface area contributed by atoms with Gasteiger partial charge in [0, 0.05) is 31.0 Å². The van der Waals surface area contributed by atoms with Gasteiger partial charge in [0.1, 0.15) is 11.6 Å². The van der Waals surface area contributed by atoms with Crippen molar-refractivity contribution in [1.29, 1.82) is 0 Å². The Bertz CT molecular complexity index is 1130. The molecule has 3 amide bonds. The predicted molar refractivity (Wildman–Crippen MR) is 162 cm³/mol. The van der Waals surface area contributed by atoms with Crippen LogP contribution >= 0.6 is 15.9 Å². The number of nitrogens with zero attached hydrogens (tertiary/aromatic N) is 3. The number of hydrogen-bond donors (Lipinski definition) is 1. The molecule has 224 valence electrons. The van der Waals surface area contributed by atoms with Gasteiger partial charge in [-0.1, -0.05) is 79.2 Å². The maximum absolute atomic E-state index is 14.6. The average molecular weight is 631 g/mol. The molecular weight excluding hydrogens is 586 g/mol. The van der Waals surface area contributed by atoms with Crippen LogP contribution in [-0.2, 0) is 25.7 Å². The van der Waals surface area contributed by atoms with E-state index < -0.39 is 35.6 Å². The molecular formula is C32H44BrN3O5. The molecule has 8 nitrogen and oxygen atoms in total. The molecule has 3 heterocycles. The number of hydrogen-bond acceptors (Lipinski definition) is 5. The second kappa shape index (κ2) is 13.2. The van der Waals surface area contributed by atoms with E-state index in [0.717, 1.165) is 12.0 Å². The molecule has 0 saturated carbocycles. The summed E-state index contributed by atoms with van der Waals surface area (Å²) in [7, 11) is 0.